The summed E-state index contributed by atoms with van der Waals surface area (Å²) in [6.45, 7) is 0.884. The first-order valence-corrected chi connectivity index (χ1v) is 11.0. The second-order valence-corrected chi connectivity index (χ2v) is 8.87. The van der Waals surface area contributed by atoms with Gasteiger partial charge >= 0.3 is 0 Å². The van der Waals surface area contributed by atoms with Crippen molar-refractivity contribution >= 4 is 21.6 Å². The van der Waals surface area contributed by atoms with Gasteiger partial charge in [0.2, 0.25) is 0 Å². The van der Waals surface area contributed by atoms with E-state index in [-0.39, 0.29) is 10.8 Å². The predicted molar refractivity (Wildman–Crippen MR) is 113 cm³/mol. The third-order valence-corrected chi connectivity index (χ3v) is 6.87. The summed E-state index contributed by atoms with van der Waals surface area (Å²) in [5.41, 5.74) is 3.10. The minimum absolute atomic E-state index is 0.167. The standard InChI is InChI=1S/C23H22N2O3S/c26-23(24-17-18-8-3-1-4-9-18)20-13-14-22-19(16-20)10-7-15-25(22)29(27,28)21-11-5-2-6-12-21/h1-6,8-9,11-14,16H,7,10,15,17H2,(H,24,26). The summed E-state index contributed by atoms with van der Waals surface area (Å²) in [7, 11) is -3.62. The normalized spacial score (nSPS) is 13.6. The Morgan fingerprint density at radius 3 is 2.34 bits per heavy atom. The number of carbonyl (C=O) groups is 1. The van der Waals surface area contributed by atoms with E-state index in [2.05, 4.69) is 5.32 Å². The van der Waals surface area contributed by atoms with E-state index < -0.39 is 10.0 Å². The SMILES string of the molecule is O=C(NCc1ccccc1)c1ccc2c(c1)CCCN2S(=O)(=O)c1ccccc1. The molecule has 0 unspecified atom stereocenters. The van der Waals surface area contributed by atoms with Crippen LogP contribution >= 0.6 is 0 Å². The van der Waals surface area contributed by atoms with Gasteiger partial charge < -0.3 is 5.32 Å². The van der Waals surface area contributed by atoms with Crippen LogP contribution < -0.4 is 9.62 Å². The Balaban J connectivity index is 1.56. The number of hydrogen-bond acceptors (Lipinski definition) is 3. The molecule has 4 rings (SSSR count). The highest BCUT2D eigenvalue weighted by Crippen LogP contribution is 2.32. The van der Waals surface area contributed by atoms with Gasteiger partial charge in [-0.1, -0.05) is 48.5 Å². The Labute approximate surface area is 171 Å². The van der Waals surface area contributed by atoms with E-state index >= 15 is 0 Å². The van der Waals surface area contributed by atoms with Crippen LogP contribution in [-0.2, 0) is 23.0 Å². The molecule has 0 spiro atoms. The average Bonchev–Trinajstić information content (AvgIpc) is 2.78. The van der Waals surface area contributed by atoms with E-state index in [1.54, 1.807) is 42.5 Å². The molecule has 148 valence electrons. The van der Waals surface area contributed by atoms with Crippen molar-refractivity contribution in [3.05, 3.63) is 95.6 Å². The first-order valence-electron chi connectivity index (χ1n) is 9.58. The first-order chi connectivity index (χ1) is 14.1. The lowest BCUT2D eigenvalue weighted by Crippen LogP contribution is -2.35. The monoisotopic (exact) mass is 406 g/mol. The maximum absolute atomic E-state index is 13.1. The molecule has 1 N–H and O–H groups in total. The summed E-state index contributed by atoms with van der Waals surface area (Å²) in [5, 5.41) is 2.92. The molecule has 6 heteroatoms. The molecule has 1 aliphatic heterocycles. The van der Waals surface area contributed by atoms with Gasteiger partial charge in [0.1, 0.15) is 0 Å². The van der Waals surface area contributed by atoms with Crippen molar-refractivity contribution < 1.29 is 13.2 Å². The number of anilines is 1. The number of carbonyl (C=O) groups excluding carboxylic acids is 1. The highest BCUT2D eigenvalue weighted by atomic mass is 32.2. The van der Waals surface area contributed by atoms with Gasteiger partial charge in [0.25, 0.3) is 15.9 Å². The van der Waals surface area contributed by atoms with Gasteiger partial charge in [-0.2, -0.15) is 0 Å². The molecule has 1 amide bonds. The number of fused-ring (bicyclic) bond motifs is 1. The Morgan fingerprint density at radius 2 is 1.62 bits per heavy atom. The van der Waals surface area contributed by atoms with Gasteiger partial charge in [-0.05, 0) is 54.3 Å². The van der Waals surface area contributed by atoms with Crippen molar-refractivity contribution in [3.63, 3.8) is 0 Å². The molecular weight excluding hydrogens is 384 g/mol. The smallest absolute Gasteiger partial charge is 0.264 e. The van der Waals surface area contributed by atoms with Crippen LogP contribution in [0.5, 0.6) is 0 Å². The van der Waals surface area contributed by atoms with Crippen molar-refractivity contribution in [2.24, 2.45) is 0 Å². The van der Waals surface area contributed by atoms with E-state index in [1.165, 1.54) is 4.31 Å². The third kappa shape index (κ3) is 4.03. The summed E-state index contributed by atoms with van der Waals surface area (Å²) in [4.78, 5) is 12.8. The zero-order valence-electron chi connectivity index (χ0n) is 15.9. The lowest BCUT2D eigenvalue weighted by atomic mass is 10.0. The molecule has 0 saturated heterocycles. The topological polar surface area (TPSA) is 66.5 Å². The second-order valence-electron chi connectivity index (χ2n) is 7.01. The summed E-state index contributed by atoms with van der Waals surface area (Å²) in [6, 6.07) is 23.4. The number of nitrogens with one attached hydrogen (secondary N) is 1. The molecular formula is C23H22N2O3S. The van der Waals surface area contributed by atoms with E-state index in [1.807, 2.05) is 36.4 Å². The number of hydrogen-bond donors (Lipinski definition) is 1. The maximum atomic E-state index is 13.1. The fourth-order valence-corrected chi connectivity index (χ4v) is 5.12. The van der Waals surface area contributed by atoms with Crippen molar-refractivity contribution in [2.75, 3.05) is 10.8 Å². The fourth-order valence-electron chi connectivity index (χ4n) is 3.55. The van der Waals surface area contributed by atoms with Crippen molar-refractivity contribution in [1.29, 1.82) is 0 Å². The van der Waals surface area contributed by atoms with Crippen LogP contribution in [0.2, 0.25) is 0 Å². The van der Waals surface area contributed by atoms with Crippen LogP contribution in [0.3, 0.4) is 0 Å². The van der Waals surface area contributed by atoms with E-state index in [0.29, 0.717) is 30.8 Å². The van der Waals surface area contributed by atoms with Crippen LogP contribution in [-0.4, -0.2) is 20.9 Å². The van der Waals surface area contributed by atoms with Gasteiger partial charge in [-0.25, -0.2) is 8.42 Å². The number of aryl methyl sites for hydroxylation is 1. The molecule has 0 atom stereocenters. The van der Waals surface area contributed by atoms with E-state index in [0.717, 1.165) is 17.5 Å². The Hall–Kier alpha value is -3.12. The third-order valence-electron chi connectivity index (χ3n) is 5.04. The zero-order chi connectivity index (χ0) is 20.3. The molecule has 0 aromatic heterocycles. The number of amides is 1. The molecule has 0 saturated carbocycles. The largest absolute Gasteiger partial charge is 0.348 e. The van der Waals surface area contributed by atoms with Gasteiger partial charge in [0.05, 0.1) is 10.6 Å². The number of nitrogens with zero attached hydrogens (tertiary/aromatic N) is 1. The Morgan fingerprint density at radius 1 is 0.931 bits per heavy atom. The number of sulfonamides is 1. The van der Waals surface area contributed by atoms with Gasteiger partial charge in [0.15, 0.2) is 0 Å². The summed E-state index contributed by atoms with van der Waals surface area (Å²) < 4.78 is 27.6. The molecule has 0 bridgehead atoms. The minimum atomic E-state index is -3.62. The molecule has 3 aromatic rings. The van der Waals surface area contributed by atoms with Crippen molar-refractivity contribution in [3.8, 4) is 0 Å². The van der Waals surface area contributed by atoms with Crippen molar-refractivity contribution in [1.82, 2.24) is 5.32 Å². The molecule has 0 radical (unpaired) electrons. The molecule has 0 fully saturated rings. The molecule has 1 heterocycles. The van der Waals surface area contributed by atoms with E-state index in [4.69, 9.17) is 0 Å². The summed E-state index contributed by atoms with van der Waals surface area (Å²) in [5.74, 6) is -0.167. The molecule has 29 heavy (non-hydrogen) atoms. The lowest BCUT2D eigenvalue weighted by molar-refractivity contribution is 0.0951. The first kappa shape index (κ1) is 19.2. The van der Waals surface area contributed by atoms with Crippen LogP contribution in [0, 0.1) is 0 Å². The quantitative estimate of drug-likeness (QED) is 0.702. The molecule has 5 nitrogen and oxygen atoms in total. The Kier molecular flexibility index (Phi) is 5.36. The maximum Gasteiger partial charge on any atom is 0.264 e. The van der Waals surface area contributed by atoms with Gasteiger partial charge in [0, 0.05) is 18.7 Å². The predicted octanol–water partition coefficient (Wildman–Crippen LogP) is 3.76. The van der Waals surface area contributed by atoms with Crippen LogP contribution in [0.25, 0.3) is 0 Å². The van der Waals surface area contributed by atoms with Crippen molar-refractivity contribution in [2.45, 2.75) is 24.3 Å². The molecule has 1 aliphatic rings. The average molecular weight is 407 g/mol. The van der Waals surface area contributed by atoms with Crippen LogP contribution in [0.1, 0.15) is 27.9 Å². The number of benzene rings is 3. The Bertz CT molecular complexity index is 1110. The second kappa shape index (κ2) is 8.09. The van der Waals surface area contributed by atoms with Crippen LogP contribution in [0.15, 0.2) is 83.8 Å². The van der Waals surface area contributed by atoms with E-state index in [9.17, 15) is 13.2 Å². The zero-order valence-corrected chi connectivity index (χ0v) is 16.7. The van der Waals surface area contributed by atoms with Gasteiger partial charge in [-0.15, -0.1) is 0 Å². The lowest BCUT2D eigenvalue weighted by Gasteiger charge is -2.30. The number of rotatable bonds is 5. The highest BCUT2D eigenvalue weighted by Gasteiger charge is 2.29. The summed E-state index contributed by atoms with van der Waals surface area (Å²) in [6.07, 6.45) is 1.46. The molecule has 0 aliphatic carbocycles. The van der Waals surface area contributed by atoms with Gasteiger partial charge in [-0.3, -0.25) is 9.10 Å². The highest BCUT2D eigenvalue weighted by molar-refractivity contribution is 7.92. The molecule has 3 aromatic carbocycles. The van der Waals surface area contributed by atoms with Crippen LogP contribution in [0.4, 0.5) is 5.69 Å². The fraction of sp³-hybridized carbons (Fsp3) is 0.174. The summed E-state index contributed by atoms with van der Waals surface area (Å²) >= 11 is 0. The minimum Gasteiger partial charge on any atom is -0.348 e.